The third-order valence-electron chi connectivity index (χ3n) is 4.84. The molecule has 14 heteroatoms. The summed E-state index contributed by atoms with van der Waals surface area (Å²) >= 11 is 0. The van der Waals surface area contributed by atoms with Crippen molar-refractivity contribution in [2.75, 3.05) is 0 Å². The molecule has 0 aromatic rings. The standard InChI is InChI=1S/C20H40O10S2.2Na/c1-3-4-5-6-7-8-9-10-11-12-13-14-15-16-17-18-20(28-19(2)21,29-31(22,23)24)30-32(25,26)27;;/h3-18H2,1-2H3,(H,22,23,24)(H,25,26,27);;/q;2*+1/p-2. The van der Waals surface area contributed by atoms with Gasteiger partial charge in [-0.2, -0.15) is 0 Å². The van der Waals surface area contributed by atoms with Gasteiger partial charge in [-0.1, -0.05) is 96.8 Å². The van der Waals surface area contributed by atoms with Crippen LogP contribution in [0.15, 0.2) is 0 Å². The summed E-state index contributed by atoms with van der Waals surface area (Å²) < 4.78 is 78.0. The Kier molecular flexibility index (Phi) is 26.0. The van der Waals surface area contributed by atoms with Crippen LogP contribution in [0.4, 0.5) is 0 Å². The number of rotatable bonds is 21. The minimum absolute atomic E-state index is 0. The Bertz CT molecular complexity index is 681. The molecule has 0 rings (SSSR count). The number of ether oxygens (including phenoxy) is 1. The molecule has 0 unspecified atom stereocenters. The molecule has 0 N–H and O–H groups in total. The van der Waals surface area contributed by atoms with E-state index in [1.165, 1.54) is 57.8 Å². The SMILES string of the molecule is CCCCCCCCCCCCCCCCCC(OC(C)=O)(OS(=O)(=O)[O-])OS(=O)(=O)[O-].[Na+].[Na+]. The predicted octanol–water partition coefficient (Wildman–Crippen LogP) is -1.57. The summed E-state index contributed by atoms with van der Waals surface area (Å²) in [6.45, 7) is 3.03. The van der Waals surface area contributed by atoms with Crippen molar-refractivity contribution < 1.29 is 103 Å². The zero-order chi connectivity index (χ0) is 24.5. The Morgan fingerprint density at radius 2 is 0.941 bits per heavy atom. The summed E-state index contributed by atoms with van der Waals surface area (Å²) in [5.41, 5.74) is 0. The van der Waals surface area contributed by atoms with Gasteiger partial charge in [-0.15, -0.1) is 0 Å². The van der Waals surface area contributed by atoms with E-state index in [0.717, 1.165) is 32.6 Å². The maximum absolute atomic E-state index is 11.2. The van der Waals surface area contributed by atoms with E-state index >= 15 is 0 Å². The van der Waals surface area contributed by atoms with Gasteiger partial charge < -0.3 is 13.8 Å². The predicted molar refractivity (Wildman–Crippen MR) is 116 cm³/mol. The monoisotopic (exact) mass is 548 g/mol. The number of hydrogen-bond acceptors (Lipinski definition) is 10. The average molecular weight is 549 g/mol. The van der Waals surface area contributed by atoms with Gasteiger partial charge in [0.1, 0.15) is 0 Å². The first kappa shape index (κ1) is 39.7. The van der Waals surface area contributed by atoms with Gasteiger partial charge in [-0.3, -0.25) is 4.79 Å². The van der Waals surface area contributed by atoms with Crippen LogP contribution in [0.2, 0.25) is 0 Å². The Hall–Kier alpha value is 1.21. The van der Waals surface area contributed by atoms with Gasteiger partial charge in [-0.25, -0.2) is 25.2 Å². The molecule has 0 spiro atoms. The summed E-state index contributed by atoms with van der Waals surface area (Å²) in [6.07, 6.45) is 15.3. The molecule has 0 bridgehead atoms. The van der Waals surface area contributed by atoms with Crippen molar-refractivity contribution >= 4 is 26.8 Å². The topological polar surface area (TPSA) is 159 Å². The van der Waals surface area contributed by atoms with Crippen LogP contribution in [-0.4, -0.2) is 37.9 Å². The molecule has 0 saturated carbocycles. The Labute approximate surface area is 250 Å². The summed E-state index contributed by atoms with van der Waals surface area (Å²) in [5, 5.41) is 0. The second kappa shape index (κ2) is 22.2. The molecule has 0 fully saturated rings. The third-order valence-corrected chi connectivity index (χ3v) is 5.76. The fourth-order valence-electron chi connectivity index (χ4n) is 3.43. The summed E-state index contributed by atoms with van der Waals surface area (Å²) in [6, 6.07) is 0. The molecule has 0 aromatic carbocycles. The van der Waals surface area contributed by atoms with Crippen molar-refractivity contribution in [3.63, 3.8) is 0 Å². The summed E-state index contributed by atoms with van der Waals surface area (Å²) in [7, 11) is -11.1. The van der Waals surface area contributed by atoms with Crippen LogP contribution in [0.25, 0.3) is 0 Å². The molecule has 34 heavy (non-hydrogen) atoms. The van der Waals surface area contributed by atoms with E-state index in [2.05, 4.69) is 20.0 Å². The van der Waals surface area contributed by atoms with Crippen molar-refractivity contribution in [2.45, 2.75) is 123 Å². The van der Waals surface area contributed by atoms with Crippen molar-refractivity contribution in [3.05, 3.63) is 0 Å². The fourth-order valence-corrected chi connectivity index (χ4v) is 4.39. The normalized spacial score (nSPS) is 12.0. The Morgan fingerprint density at radius 1 is 0.647 bits per heavy atom. The van der Waals surface area contributed by atoms with Gasteiger partial charge in [0.25, 0.3) is 0 Å². The van der Waals surface area contributed by atoms with Crippen LogP contribution in [-0.2, 0) is 38.7 Å². The minimum atomic E-state index is -5.53. The number of hydrogen-bond donors (Lipinski definition) is 0. The van der Waals surface area contributed by atoms with Gasteiger partial charge in [0, 0.05) is 13.3 Å². The van der Waals surface area contributed by atoms with E-state index in [-0.39, 0.29) is 65.5 Å². The second-order valence-electron chi connectivity index (χ2n) is 7.96. The molecule has 0 aromatic heterocycles. The molecule has 10 nitrogen and oxygen atoms in total. The number of carbonyl (C=O) groups excluding carboxylic acids is 1. The molecular weight excluding hydrogens is 510 g/mol. The van der Waals surface area contributed by atoms with Crippen molar-refractivity contribution in [1.29, 1.82) is 0 Å². The van der Waals surface area contributed by atoms with Crippen LogP contribution in [0, 0.1) is 0 Å². The molecule has 0 atom stereocenters. The molecule has 192 valence electrons. The largest absolute Gasteiger partial charge is 1.00 e. The van der Waals surface area contributed by atoms with Crippen molar-refractivity contribution in [1.82, 2.24) is 0 Å². The fraction of sp³-hybridized carbons (Fsp3) is 0.950. The van der Waals surface area contributed by atoms with E-state index in [4.69, 9.17) is 0 Å². The van der Waals surface area contributed by atoms with Crippen LogP contribution >= 0.6 is 0 Å². The Balaban J connectivity index is -0.00000480. The maximum Gasteiger partial charge on any atom is 1.00 e. The molecule has 0 aliphatic carbocycles. The minimum Gasteiger partial charge on any atom is -0.725 e. The van der Waals surface area contributed by atoms with E-state index in [9.17, 15) is 30.7 Å². The van der Waals surface area contributed by atoms with Gasteiger partial charge in [0.2, 0.25) is 20.8 Å². The van der Waals surface area contributed by atoms with E-state index in [1.54, 1.807) is 0 Å². The van der Waals surface area contributed by atoms with Crippen LogP contribution in [0.3, 0.4) is 0 Å². The maximum atomic E-state index is 11.2. The number of esters is 1. The molecule has 0 saturated heterocycles. The van der Waals surface area contributed by atoms with Gasteiger partial charge >= 0.3 is 71.1 Å². The van der Waals surface area contributed by atoms with E-state index in [1.807, 2.05) is 0 Å². The van der Waals surface area contributed by atoms with Gasteiger partial charge in [-0.05, 0) is 6.42 Å². The third kappa shape index (κ3) is 26.3. The van der Waals surface area contributed by atoms with E-state index < -0.39 is 39.2 Å². The molecule has 0 amide bonds. The zero-order valence-electron chi connectivity index (χ0n) is 21.2. The van der Waals surface area contributed by atoms with Crippen LogP contribution in [0.1, 0.15) is 117 Å². The average Bonchev–Trinajstić information content (AvgIpc) is 2.61. The van der Waals surface area contributed by atoms with Crippen molar-refractivity contribution in [2.24, 2.45) is 0 Å². The number of unbranched alkanes of at least 4 members (excludes halogenated alkanes) is 14. The molecular formula is C20H38Na2O10S2. The Morgan fingerprint density at radius 3 is 1.21 bits per heavy atom. The smallest absolute Gasteiger partial charge is 0.725 e. The van der Waals surface area contributed by atoms with Gasteiger partial charge in [0.05, 0.1) is 0 Å². The van der Waals surface area contributed by atoms with E-state index in [0.29, 0.717) is 6.42 Å². The van der Waals surface area contributed by atoms with Crippen LogP contribution in [0.5, 0.6) is 0 Å². The quantitative estimate of drug-likeness (QED) is 0.0409. The van der Waals surface area contributed by atoms with Crippen LogP contribution < -0.4 is 59.1 Å². The summed E-state index contributed by atoms with van der Waals surface area (Å²) in [5.74, 6) is -4.30. The zero-order valence-corrected chi connectivity index (χ0v) is 26.8. The molecule has 0 aliphatic rings. The summed E-state index contributed by atoms with van der Waals surface area (Å²) in [4.78, 5) is 11.2. The molecule has 0 aliphatic heterocycles. The molecule has 0 heterocycles. The first-order chi connectivity index (χ1) is 14.9. The van der Waals surface area contributed by atoms with Crippen molar-refractivity contribution in [3.8, 4) is 0 Å². The molecule has 0 radical (unpaired) electrons. The second-order valence-corrected chi connectivity index (χ2v) is 9.93. The number of carbonyl (C=O) groups is 1. The van der Waals surface area contributed by atoms with Gasteiger partial charge in [0.15, 0.2) is 0 Å². The first-order valence-electron chi connectivity index (χ1n) is 11.4. The first-order valence-corrected chi connectivity index (χ1v) is 14.1.